The van der Waals surface area contributed by atoms with Crippen LogP contribution in [0.2, 0.25) is 0 Å². The zero-order valence-corrected chi connectivity index (χ0v) is 19.5. The number of likely N-dealkylation sites (N-methyl/N-ethyl adjacent to an activating group) is 1. The van der Waals surface area contributed by atoms with Crippen molar-refractivity contribution >= 4 is 11.8 Å². The molecule has 2 aliphatic rings. The number of hydrogen-bond donors (Lipinski definition) is 2. The van der Waals surface area contributed by atoms with Gasteiger partial charge in [-0.15, -0.1) is 5.10 Å². The number of nitrogens with one attached hydrogen (secondary N) is 1. The highest BCUT2D eigenvalue weighted by atomic mass is 16.7. The number of β-amino-alcohol motifs (C(OH)–C–C–N with tert-alkyl or cyclic N) is 1. The van der Waals surface area contributed by atoms with Crippen LogP contribution in [0.3, 0.4) is 0 Å². The van der Waals surface area contributed by atoms with Crippen LogP contribution in [0.1, 0.15) is 58.2 Å². The maximum Gasteiger partial charge on any atom is 0.251 e. The summed E-state index contributed by atoms with van der Waals surface area (Å²) in [7, 11) is 1.51. The van der Waals surface area contributed by atoms with Crippen LogP contribution in [-0.2, 0) is 25.5 Å². The Morgan fingerprint density at radius 2 is 2.06 bits per heavy atom. The van der Waals surface area contributed by atoms with E-state index in [1.165, 1.54) is 29.2 Å². The van der Waals surface area contributed by atoms with Crippen molar-refractivity contribution in [2.75, 3.05) is 13.6 Å². The van der Waals surface area contributed by atoms with Crippen molar-refractivity contribution in [3.05, 3.63) is 24.4 Å². The Labute approximate surface area is 193 Å². The first kappa shape index (κ1) is 24.5. The van der Waals surface area contributed by atoms with Gasteiger partial charge in [0.25, 0.3) is 5.79 Å². The monoisotopic (exact) mass is 460 g/mol. The minimum atomic E-state index is -0.898. The van der Waals surface area contributed by atoms with Crippen molar-refractivity contribution in [2.45, 2.75) is 76.9 Å². The van der Waals surface area contributed by atoms with Crippen molar-refractivity contribution in [3.8, 4) is 6.07 Å². The molecule has 1 aromatic heterocycles. The molecule has 180 valence electrons. The molecule has 11 nitrogen and oxygen atoms in total. The summed E-state index contributed by atoms with van der Waals surface area (Å²) in [6.45, 7) is 5.84. The molecule has 0 saturated carbocycles. The Hall–Kier alpha value is -3.13. The summed E-state index contributed by atoms with van der Waals surface area (Å²) in [6, 6.07) is 0.657. The zero-order valence-electron chi connectivity index (χ0n) is 19.5. The second-order valence-corrected chi connectivity index (χ2v) is 9.55. The van der Waals surface area contributed by atoms with Gasteiger partial charge >= 0.3 is 0 Å². The third-order valence-corrected chi connectivity index (χ3v) is 5.99. The smallest absolute Gasteiger partial charge is 0.251 e. The lowest BCUT2D eigenvalue weighted by atomic mass is 9.85. The molecule has 3 heterocycles. The molecule has 1 saturated heterocycles. The number of nitrogens with zero attached hydrogens (tertiary/aromatic N) is 5. The van der Waals surface area contributed by atoms with Gasteiger partial charge in [0.05, 0.1) is 17.9 Å². The number of rotatable bonds is 8. The van der Waals surface area contributed by atoms with Crippen LogP contribution in [0.5, 0.6) is 0 Å². The number of nitriles is 1. The predicted molar refractivity (Wildman–Crippen MR) is 116 cm³/mol. The molecule has 0 unspecified atom stereocenters. The lowest BCUT2D eigenvalue weighted by Crippen LogP contribution is -2.49. The summed E-state index contributed by atoms with van der Waals surface area (Å²) in [5.41, 5.74) is 0.120. The van der Waals surface area contributed by atoms with Crippen molar-refractivity contribution in [1.82, 2.24) is 25.2 Å². The van der Waals surface area contributed by atoms with Gasteiger partial charge in [-0.1, -0.05) is 26.0 Å². The van der Waals surface area contributed by atoms with Gasteiger partial charge in [0.1, 0.15) is 24.6 Å². The minimum Gasteiger partial charge on any atom is -0.457 e. The van der Waals surface area contributed by atoms with Crippen LogP contribution in [0, 0.1) is 16.7 Å². The highest BCUT2D eigenvalue weighted by Crippen LogP contribution is 2.35. The van der Waals surface area contributed by atoms with Crippen molar-refractivity contribution in [3.63, 3.8) is 0 Å². The number of hydrogen-bond acceptors (Lipinski definition) is 8. The van der Waals surface area contributed by atoms with E-state index in [1.807, 2.05) is 20.8 Å². The van der Waals surface area contributed by atoms with E-state index in [-0.39, 0.29) is 24.8 Å². The summed E-state index contributed by atoms with van der Waals surface area (Å²) < 4.78 is 12.7. The van der Waals surface area contributed by atoms with E-state index in [4.69, 9.17) is 14.7 Å². The molecule has 0 bridgehead atoms. The Bertz CT molecular complexity index is 922. The molecule has 2 aliphatic heterocycles. The van der Waals surface area contributed by atoms with Gasteiger partial charge in [-0.2, -0.15) is 5.26 Å². The molecule has 1 fully saturated rings. The molecule has 3 atom stereocenters. The van der Waals surface area contributed by atoms with Gasteiger partial charge in [0.15, 0.2) is 0 Å². The third kappa shape index (κ3) is 5.45. The zero-order chi connectivity index (χ0) is 24.2. The largest absolute Gasteiger partial charge is 0.457 e. The van der Waals surface area contributed by atoms with E-state index in [0.29, 0.717) is 31.4 Å². The van der Waals surface area contributed by atoms with E-state index in [0.717, 1.165) is 0 Å². The summed E-state index contributed by atoms with van der Waals surface area (Å²) in [5.74, 6) is -1.49. The average Bonchev–Trinajstić information content (AvgIpc) is 3.50. The fourth-order valence-electron chi connectivity index (χ4n) is 4.32. The van der Waals surface area contributed by atoms with Crippen LogP contribution in [0.25, 0.3) is 0 Å². The fraction of sp³-hybridized carbons (Fsp3) is 0.682. The van der Waals surface area contributed by atoms with Gasteiger partial charge in [0.2, 0.25) is 11.8 Å². The van der Waals surface area contributed by atoms with Gasteiger partial charge in [-0.05, 0) is 5.41 Å². The van der Waals surface area contributed by atoms with Crippen LogP contribution < -0.4 is 5.32 Å². The van der Waals surface area contributed by atoms with Crippen molar-refractivity contribution < 1.29 is 24.2 Å². The van der Waals surface area contributed by atoms with E-state index in [1.54, 1.807) is 6.20 Å². The van der Waals surface area contributed by atoms with Crippen LogP contribution >= 0.6 is 0 Å². The first-order valence-electron chi connectivity index (χ1n) is 11.1. The number of likely N-dealkylation sites (tertiary alicyclic amines) is 1. The van der Waals surface area contributed by atoms with Crippen LogP contribution in [0.4, 0.5) is 0 Å². The Kier molecular flexibility index (Phi) is 7.27. The molecule has 2 N–H and O–H groups in total. The average molecular weight is 461 g/mol. The Morgan fingerprint density at radius 3 is 2.67 bits per heavy atom. The topological polar surface area (TPSA) is 143 Å². The molecular weight excluding hydrogens is 428 g/mol. The number of carbonyl (C=O) groups is 2. The SMILES string of the molecule is CNC(=O)[C@@H]1C[C@@H](O)CN1C(=O)[C@@H](n1cc(CCC2(CCC#N)OC=CO2)nn1)C(C)(C)C. The molecule has 0 aliphatic carbocycles. The molecule has 0 radical (unpaired) electrons. The van der Waals surface area contributed by atoms with E-state index >= 15 is 0 Å². The number of carbonyl (C=O) groups excluding carboxylic acids is 2. The maximum absolute atomic E-state index is 13.6. The lowest BCUT2D eigenvalue weighted by Gasteiger charge is -2.34. The van der Waals surface area contributed by atoms with Crippen molar-refractivity contribution in [2.24, 2.45) is 5.41 Å². The molecule has 2 amide bonds. The molecule has 3 rings (SSSR count). The number of ether oxygens (including phenoxy) is 2. The van der Waals surface area contributed by atoms with E-state index in [9.17, 15) is 14.7 Å². The second kappa shape index (κ2) is 9.79. The summed E-state index contributed by atoms with van der Waals surface area (Å²) in [4.78, 5) is 27.3. The molecule has 11 heteroatoms. The lowest BCUT2D eigenvalue weighted by molar-refractivity contribution is -0.150. The maximum atomic E-state index is 13.6. The van der Waals surface area contributed by atoms with Crippen LogP contribution in [-0.4, -0.2) is 68.3 Å². The first-order valence-corrected chi connectivity index (χ1v) is 11.1. The van der Waals surface area contributed by atoms with Gasteiger partial charge < -0.3 is 24.8 Å². The predicted octanol–water partition coefficient (Wildman–Crippen LogP) is 1.02. The Morgan fingerprint density at radius 1 is 1.36 bits per heavy atom. The molecule has 1 aromatic rings. The second-order valence-electron chi connectivity index (χ2n) is 9.55. The van der Waals surface area contributed by atoms with Gasteiger partial charge in [0, 0.05) is 51.9 Å². The summed E-state index contributed by atoms with van der Waals surface area (Å²) >= 11 is 0. The number of aliphatic hydroxyl groups excluding tert-OH is 1. The normalized spacial score (nSPS) is 22.4. The molecular formula is C22H32N6O5. The van der Waals surface area contributed by atoms with Gasteiger partial charge in [-0.25, -0.2) is 4.68 Å². The van der Waals surface area contributed by atoms with Crippen LogP contribution in [0.15, 0.2) is 18.7 Å². The quantitative estimate of drug-likeness (QED) is 0.585. The first-order chi connectivity index (χ1) is 15.6. The highest BCUT2D eigenvalue weighted by Gasteiger charge is 2.45. The number of aromatic nitrogens is 3. The molecule has 0 spiro atoms. The standard InChI is InChI=1S/C22H32N6O5/c1-21(2,3)18(20(31)27-14-16(29)12-17(27)19(30)24-4)28-13-15(25-26-28)6-8-22(7-5-9-23)32-10-11-33-22/h10-11,13,16-18,29H,5-8,12,14H2,1-4H3,(H,24,30)/t16-,17+,18-/m1/s1. The van der Waals surface area contributed by atoms with E-state index in [2.05, 4.69) is 21.7 Å². The summed E-state index contributed by atoms with van der Waals surface area (Å²) in [6.07, 6.45) is 5.75. The number of aliphatic hydroxyl groups is 1. The third-order valence-electron chi connectivity index (χ3n) is 5.99. The fourth-order valence-corrected chi connectivity index (χ4v) is 4.32. The number of aryl methyl sites for hydroxylation is 1. The highest BCUT2D eigenvalue weighted by molar-refractivity contribution is 5.90. The Balaban J connectivity index is 1.77. The van der Waals surface area contributed by atoms with Gasteiger partial charge in [-0.3, -0.25) is 9.59 Å². The molecule has 33 heavy (non-hydrogen) atoms. The number of amides is 2. The van der Waals surface area contributed by atoms with E-state index < -0.39 is 29.4 Å². The van der Waals surface area contributed by atoms with Crippen molar-refractivity contribution in [1.29, 1.82) is 5.26 Å². The molecule has 0 aromatic carbocycles. The summed E-state index contributed by atoms with van der Waals surface area (Å²) in [5, 5.41) is 30.1. The minimum absolute atomic E-state index is 0.0914.